The van der Waals surface area contributed by atoms with Crippen LogP contribution in [0.5, 0.6) is 5.75 Å². The van der Waals surface area contributed by atoms with Gasteiger partial charge < -0.3 is 9.52 Å². The predicted octanol–water partition coefficient (Wildman–Crippen LogP) is 2.78. The van der Waals surface area contributed by atoms with E-state index in [1.54, 1.807) is 36.4 Å². The average Bonchev–Trinajstić information content (AvgIpc) is 2.68. The SMILES string of the molecule is Cc1ccc(C(=O)NC(=O)c2c(O)cc(NC(=O)c3ccc(C)cc3)oc2=O)cc1. The summed E-state index contributed by atoms with van der Waals surface area (Å²) in [5.74, 6) is -3.51. The molecule has 8 heteroatoms. The zero-order chi connectivity index (χ0) is 21.8. The molecule has 0 saturated carbocycles. The molecule has 0 aliphatic heterocycles. The van der Waals surface area contributed by atoms with Crippen LogP contribution in [0.15, 0.2) is 63.8 Å². The molecule has 30 heavy (non-hydrogen) atoms. The minimum Gasteiger partial charge on any atom is -0.507 e. The molecule has 0 unspecified atom stereocenters. The Hall–Kier alpha value is -4.20. The van der Waals surface area contributed by atoms with Gasteiger partial charge in [0, 0.05) is 17.2 Å². The van der Waals surface area contributed by atoms with E-state index in [-0.39, 0.29) is 11.4 Å². The molecule has 0 saturated heterocycles. The summed E-state index contributed by atoms with van der Waals surface area (Å²) in [5.41, 5.74) is 0.464. The van der Waals surface area contributed by atoms with Crippen LogP contribution in [0, 0.1) is 13.8 Å². The average molecular weight is 406 g/mol. The third-order valence-electron chi connectivity index (χ3n) is 4.25. The molecule has 1 heterocycles. The van der Waals surface area contributed by atoms with Gasteiger partial charge in [-0.25, -0.2) is 4.79 Å². The van der Waals surface area contributed by atoms with Crippen LogP contribution in [-0.2, 0) is 0 Å². The number of aromatic hydroxyl groups is 1. The van der Waals surface area contributed by atoms with Gasteiger partial charge in [-0.15, -0.1) is 0 Å². The van der Waals surface area contributed by atoms with Gasteiger partial charge in [-0.1, -0.05) is 35.4 Å². The van der Waals surface area contributed by atoms with Gasteiger partial charge in [-0.2, -0.15) is 0 Å². The van der Waals surface area contributed by atoms with Crippen LogP contribution in [0.4, 0.5) is 5.88 Å². The first-order valence-corrected chi connectivity index (χ1v) is 8.92. The van der Waals surface area contributed by atoms with Crippen LogP contribution < -0.4 is 16.3 Å². The summed E-state index contributed by atoms with van der Waals surface area (Å²) in [6.07, 6.45) is 0. The maximum atomic E-state index is 12.3. The van der Waals surface area contributed by atoms with Gasteiger partial charge in [-0.3, -0.25) is 25.0 Å². The molecule has 3 rings (SSSR count). The molecule has 8 nitrogen and oxygen atoms in total. The summed E-state index contributed by atoms with van der Waals surface area (Å²) in [7, 11) is 0. The van der Waals surface area contributed by atoms with Gasteiger partial charge >= 0.3 is 5.63 Å². The quantitative estimate of drug-likeness (QED) is 0.572. The van der Waals surface area contributed by atoms with Crippen LogP contribution in [0.1, 0.15) is 42.2 Å². The first-order valence-electron chi connectivity index (χ1n) is 8.92. The van der Waals surface area contributed by atoms with Crippen molar-refractivity contribution in [2.45, 2.75) is 13.8 Å². The topological polar surface area (TPSA) is 126 Å². The molecule has 0 fully saturated rings. The number of aryl methyl sites for hydroxylation is 2. The number of nitrogens with one attached hydrogen (secondary N) is 2. The molecular weight excluding hydrogens is 388 g/mol. The van der Waals surface area contributed by atoms with Crippen molar-refractivity contribution in [3.63, 3.8) is 0 Å². The second-order valence-corrected chi connectivity index (χ2v) is 6.63. The Morgan fingerprint density at radius 2 is 1.30 bits per heavy atom. The van der Waals surface area contributed by atoms with Crippen LogP contribution >= 0.6 is 0 Å². The lowest BCUT2D eigenvalue weighted by Crippen LogP contribution is -2.33. The van der Waals surface area contributed by atoms with Crippen LogP contribution in [0.25, 0.3) is 0 Å². The highest BCUT2D eigenvalue weighted by atomic mass is 16.4. The Bertz CT molecular complexity index is 1180. The normalized spacial score (nSPS) is 10.3. The summed E-state index contributed by atoms with van der Waals surface area (Å²) < 4.78 is 4.91. The molecule has 3 N–H and O–H groups in total. The summed E-state index contributed by atoms with van der Waals surface area (Å²) >= 11 is 0. The minimum absolute atomic E-state index is 0.208. The van der Waals surface area contributed by atoms with Crippen molar-refractivity contribution in [1.82, 2.24) is 5.32 Å². The lowest BCUT2D eigenvalue weighted by atomic mass is 10.1. The fraction of sp³-hybridized carbons (Fsp3) is 0.0909. The van der Waals surface area contributed by atoms with Crippen LogP contribution in [0.2, 0.25) is 0 Å². The first-order chi connectivity index (χ1) is 14.2. The van der Waals surface area contributed by atoms with Crippen molar-refractivity contribution < 1.29 is 23.9 Å². The zero-order valence-corrected chi connectivity index (χ0v) is 16.2. The Morgan fingerprint density at radius 3 is 1.80 bits per heavy atom. The van der Waals surface area contributed by atoms with Crippen molar-refractivity contribution >= 4 is 23.6 Å². The number of imide groups is 1. The van der Waals surface area contributed by atoms with Gasteiger partial charge in [-0.05, 0) is 38.1 Å². The molecule has 0 aliphatic carbocycles. The van der Waals surface area contributed by atoms with Gasteiger partial charge in [0.2, 0.25) is 5.88 Å². The number of hydrogen-bond donors (Lipinski definition) is 3. The fourth-order valence-electron chi connectivity index (χ4n) is 2.58. The summed E-state index contributed by atoms with van der Waals surface area (Å²) in [6, 6.07) is 14.0. The number of carbonyl (C=O) groups is 3. The molecule has 0 radical (unpaired) electrons. The summed E-state index contributed by atoms with van der Waals surface area (Å²) in [5, 5.41) is 14.5. The van der Waals surface area contributed by atoms with E-state index < -0.39 is 34.7 Å². The number of anilines is 1. The number of hydrogen-bond acceptors (Lipinski definition) is 6. The van der Waals surface area contributed by atoms with E-state index in [1.807, 2.05) is 19.2 Å². The highest BCUT2D eigenvalue weighted by Gasteiger charge is 2.22. The number of carbonyl (C=O) groups excluding carboxylic acids is 3. The molecule has 2 aromatic carbocycles. The monoisotopic (exact) mass is 406 g/mol. The van der Waals surface area contributed by atoms with Crippen molar-refractivity contribution in [3.05, 3.63) is 92.8 Å². The molecule has 0 spiro atoms. The fourth-order valence-corrected chi connectivity index (χ4v) is 2.58. The van der Waals surface area contributed by atoms with E-state index >= 15 is 0 Å². The van der Waals surface area contributed by atoms with Gasteiger partial charge in [0.1, 0.15) is 5.75 Å². The van der Waals surface area contributed by atoms with E-state index in [1.165, 1.54) is 12.1 Å². The molecule has 3 amide bonds. The minimum atomic E-state index is -1.21. The van der Waals surface area contributed by atoms with E-state index in [0.29, 0.717) is 5.56 Å². The van der Waals surface area contributed by atoms with Crippen molar-refractivity contribution in [1.29, 1.82) is 0 Å². The smallest absolute Gasteiger partial charge is 0.354 e. The lowest BCUT2D eigenvalue weighted by Gasteiger charge is -2.08. The molecule has 3 aromatic rings. The van der Waals surface area contributed by atoms with E-state index in [2.05, 4.69) is 5.32 Å². The Labute approximate surface area is 171 Å². The molecule has 0 atom stereocenters. The van der Waals surface area contributed by atoms with E-state index in [4.69, 9.17) is 4.42 Å². The van der Waals surface area contributed by atoms with E-state index in [9.17, 15) is 24.3 Å². The second kappa shape index (κ2) is 8.44. The summed E-state index contributed by atoms with van der Waals surface area (Å²) in [4.78, 5) is 48.8. The standard InChI is InChI=1S/C22H18N2O6/c1-12-3-7-14(8-4-12)19(26)23-17-11-16(25)18(22(29)30-17)21(28)24-20(27)15-9-5-13(2)6-10-15/h3-11,25H,1-2H3,(H,23,26)(H,24,27,28). The van der Waals surface area contributed by atoms with Crippen LogP contribution in [0.3, 0.4) is 0 Å². The Kier molecular flexibility index (Phi) is 5.78. The maximum absolute atomic E-state index is 12.3. The van der Waals surface area contributed by atoms with Crippen molar-refractivity contribution in [2.75, 3.05) is 5.32 Å². The highest BCUT2D eigenvalue weighted by molar-refractivity contribution is 6.11. The number of amides is 3. The van der Waals surface area contributed by atoms with Gasteiger partial charge in [0.15, 0.2) is 5.56 Å². The maximum Gasteiger partial charge on any atom is 0.354 e. The molecule has 152 valence electrons. The Morgan fingerprint density at radius 1 is 0.800 bits per heavy atom. The molecule has 0 aliphatic rings. The third-order valence-corrected chi connectivity index (χ3v) is 4.25. The lowest BCUT2D eigenvalue weighted by molar-refractivity contribution is 0.0845. The van der Waals surface area contributed by atoms with Gasteiger partial charge in [0.05, 0.1) is 0 Å². The molecule has 1 aromatic heterocycles. The first kappa shape index (κ1) is 20.5. The molecule has 0 bridgehead atoms. The number of benzene rings is 2. The predicted molar refractivity (Wildman–Crippen MR) is 109 cm³/mol. The van der Waals surface area contributed by atoms with Crippen LogP contribution in [-0.4, -0.2) is 22.8 Å². The Balaban J connectivity index is 1.76. The molecular formula is C22H18N2O6. The van der Waals surface area contributed by atoms with E-state index in [0.717, 1.165) is 17.2 Å². The number of rotatable bonds is 4. The summed E-state index contributed by atoms with van der Waals surface area (Å²) in [6.45, 7) is 3.71. The highest BCUT2D eigenvalue weighted by Crippen LogP contribution is 2.19. The second-order valence-electron chi connectivity index (χ2n) is 6.63. The van der Waals surface area contributed by atoms with Crippen molar-refractivity contribution in [2.24, 2.45) is 0 Å². The third kappa shape index (κ3) is 4.61. The van der Waals surface area contributed by atoms with Crippen molar-refractivity contribution in [3.8, 4) is 5.75 Å². The zero-order valence-electron chi connectivity index (χ0n) is 16.2. The largest absolute Gasteiger partial charge is 0.507 e. The van der Waals surface area contributed by atoms with Gasteiger partial charge in [0.25, 0.3) is 17.7 Å².